The minimum absolute atomic E-state index is 0.261. The smallest absolute Gasteiger partial charge is 0.321 e. The maximum absolute atomic E-state index is 12.1. The van der Waals surface area contributed by atoms with Crippen LogP contribution in [0.25, 0.3) is 0 Å². The van der Waals surface area contributed by atoms with Gasteiger partial charge >= 0.3 is 12.0 Å². The van der Waals surface area contributed by atoms with Crippen LogP contribution in [0.2, 0.25) is 0 Å². The lowest BCUT2D eigenvalue weighted by Gasteiger charge is -2.30. The fourth-order valence-corrected chi connectivity index (χ4v) is 2.28. The molecule has 0 spiro atoms. The summed E-state index contributed by atoms with van der Waals surface area (Å²) in [7, 11) is 0. The predicted molar refractivity (Wildman–Crippen MR) is 69.0 cm³/mol. The van der Waals surface area contributed by atoms with Gasteiger partial charge in [0.2, 0.25) is 0 Å². The minimum Gasteiger partial charge on any atom is -0.481 e. The van der Waals surface area contributed by atoms with Crippen molar-refractivity contribution in [2.24, 2.45) is 5.92 Å². The molecule has 2 rings (SSSR count). The predicted octanol–water partition coefficient (Wildman–Crippen LogP) is 1.36. The molecule has 1 atom stereocenters. The van der Waals surface area contributed by atoms with Crippen LogP contribution in [-0.2, 0) is 4.79 Å². The van der Waals surface area contributed by atoms with Gasteiger partial charge in [-0.25, -0.2) is 4.79 Å². The Hall–Kier alpha value is -2.05. The van der Waals surface area contributed by atoms with Gasteiger partial charge in [0, 0.05) is 13.1 Å². The lowest BCUT2D eigenvalue weighted by molar-refractivity contribution is -0.143. The molecule has 7 heteroatoms. The highest BCUT2D eigenvalue weighted by Crippen LogP contribution is 2.20. The molecular formula is C12H18N4O3. The average Bonchev–Trinajstić information content (AvgIpc) is 2.70. The normalized spacial score (nSPS) is 19.3. The summed E-state index contributed by atoms with van der Waals surface area (Å²) in [5.41, 5.74) is 2.18. The number of rotatable bonds is 2. The van der Waals surface area contributed by atoms with Crippen LogP contribution in [0, 0.1) is 19.8 Å². The second-order valence-corrected chi connectivity index (χ2v) is 4.86. The molecular weight excluding hydrogens is 248 g/mol. The van der Waals surface area contributed by atoms with Crippen molar-refractivity contribution in [1.82, 2.24) is 15.1 Å². The molecule has 0 radical (unpaired) electrons. The van der Waals surface area contributed by atoms with E-state index in [9.17, 15) is 9.59 Å². The first-order valence-corrected chi connectivity index (χ1v) is 6.29. The monoisotopic (exact) mass is 266 g/mol. The zero-order valence-electron chi connectivity index (χ0n) is 11.1. The van der Waals surface area contributed by atoms with Crippen molar-refractivity contribution in [2.75, 3.05) is 18.4 Å². The molecule has 1 aromatic rings. The minimum atomic E-state index is -0.840. The number of anilines is 1. The molecule has 1 fully saturated rings. The van der Waals surface area contributed by atoms with Gasteiger partial charge in [-0.15, -0.1) is 0 Å². The second kappa shape index (κ2) is 5.29. The Balaban J connectivity index is 2.02. The number of aryl methyl sites for hydroxylation is 2. The number of aromatic amines is 1. The Morgan fingerprint density at radius 2 is 2.21 bits per heavy atom. The number of carboxylic acids is 1. The quantitative estimate of drug-likeness (QED) is 0.752. The summed E-state index contributed by atoms with van der Waals surface area (Å²) in [6.45, 7) is 4.48. The number of likely N-dealkylation sites (tertiary alicyclic amines) is 1. The van der Waals surface area contributed by atoms with Gasteiger partial charge in [0.1, 0.15) is 0 Å². The van der Waals surface area contributed by atoms with E-state index >= 15 is 0 Å². The molecule has 2 amide bonds. The molecule has 0 saturated carbocycles. The van der Waals surface area contributed by atoms with Crippen LogP contribution in [-0.4, -0.2) is 45.3 Å². The van der Waals surface area contributed by atoms with E-state index in [4.69, 9.17) is 5.11 Å². The van der Waals surface area contributed by atoms with E-state index in [1.165, 1.54) is 0 Å². The van der Waals surface area contributed by atoms with Crippen LogP contribution in [0.3, 0.4) is 0 Å². The van der Waals surface area contributed by atoms with Crippen LogP contribution in [0.4, 0.5) is 10.5 Å². The highest BCUT2D eigenvalue weighted by atomic mass is 16.4. The highest BCUT2D eigenvalue weighted by molar-refractivity contribution is 5.91. The first-order chi connectivity index (χ1) is 8.99. The molecule has 1 aliphatic heterocycles. The number of piperidine rings is 1. The number of nitrogens with zero attached hydrogens (tertiary/aromatic N) is 2. The SMILES string of the molecule is Cc1n[nH]c(C)c1NC(=O)N1CCCC(C(=O)O)C1. The lowest BCUT2D eigenvalue weighted by atomic mass is 9.99. The zero-order valence-corrected chi connectivity index (χ0v) is 11.1. The highest BCUT2D eigenvalue weighted by Gasteiger charge is 2.28. The third-order valence-corrected chi connectivity index (χ3v) is 3.42. The number of aromatic nitrogens is 2. The number of H-pyrrole nitrogens is 1. The van der Waals surface area contributed by atoms with Gasteiger partial charge in [-0.3, -0.25) is 9.89 Å². The molecule has 1 saturated heterocycles. The maximum Gasteiger partial charge on any atom is 0.321 e. The molecule has 1 unspecified atom stereocenters. The van der Waals surface area contributed by atoms with Gasteiger partial charge in [0.15, 0.2) is 0 Å². The van der Waals surface area contributed by atoms with Crippen LogP contribution >= 0.6 is 0 Å². The molecule has 7 nitrogen and oxygen atoms in total. The molecule has 3 N–H and O–H groups in total. The molecule has 0 aliphatic carbocycles. The van der Waals surface area contributed by atoms with E-state index in [0.717, 1.165) is 11.4 Å². The van der Waals surface area contributed by atoms with E-state index in [1.807, 2.05) is 6.92 Å². The van der Waals surface area contributed by atoms with Crippen molar-refractivity contribution in [2.45, 2.75) is 26.7 Å². The first-order valence-electron chi connectivity index (χ1n) is 6.29. The fraction of sp³-hybridized carbons (Fsp3) is 0.583. The number of carboxylic acid groups (broad SMARTS) is 1. The Kier molecular flexibility index (Phi) is 3.73. The number of aliphatic carboxylic acids is 1. The number of hydrogen-bond acceptors (Lipinski definition) is 3. The zero-order chi connectivity index (χ0) is 14.0. The number of hydrogen-bond donors (Lipinski definition) is 3. The Morgan fingerprint density at radius 3 is 2.79 bits per heavy atom. The van der Waals surface area contributed by atoms with Gasteiger partial charge in [0.25, 0.3) is 0 Å². The van der Waals surface area contributed by atoms with Crippen molar-refractivity contribution < 1.29 is 14.7 Å². The van der Waals surface area contributed by atoms with Gasteiger partial charge in [-0.2, -0.15) is 5.10 Å². The van der Waals surface area contributed by atoms with Crippen LogP contribution in [0.15, 0.2) is 0 Å². The van der Waals surface area contributed by atoms with Crippen LogP contribution in [0.5, 0.6) is 0 Å². The van der Waals surface area contributed by atoms with Crippen molar-refractivity contribution in [3.63, 3.8) is 0 Å². The van der Waals surface area contributed by atoms with E-state index in [-0.39, 0.29) is 12.6 Å². The Labute approximate surface area is 111 Å². The molecule has 1 aliphatic rings. The van der Waals surface area contributed by atoms with E-state index in [2.05, 4.69) is 15.5 Å². The third-order valence-electron chi connectivity index (χ3n) is 3.42. The third kappa shape index (κ3) is 2.86. The number of urea groups is 1. The summed E-state index contributed by atoms with van der Waals surface area (Å²) >= 11 is 0. The Bertz CT molecular complexity index is 478. The van der Waals surface area contributed by atoms with Crippen molar-refractivity contribution >= 4 is 17.7 Å². The number of amides is 2. The van der Waals surface area contributed by atoms with Gasteiger partial charge in [-0.1, -0.05) is 0 Å². The van der Waals surface area contributed by atoms with Crippen LogP contribution in [0.1, 0.15) is 24.2 Å². The summed E-state index contributed by atoms with van der Waals surface area (Å²) < 4.78 is 0. The number of carbonyl (C=O) groups is 2. The summed E-state index contributed by atoms with van der Waals surface area (Å²) in [6.07, 6.45) is 1.34. The molecule has 104 valence electrons. The maximum atomic E-state index is 12.1. The molecule has 1 aromatic heterocycles. The largest absolute Gasteiger partial charge is 0.481 e. The molecule has 0 aromatic carbocycles. The van der Waals surface area contributed by atoms with Crippen molar-refractivity contribution in [3.05, 3.63) is 11.4 Å². The first kappa shape index (κ1) is 13.4. The fourth-order valence-electron chi connectivity index (χ4n) is 2.28. The summed E-state index contributed by atoms with van der Waals surface area (Å²) in [5, 5.41) is 18.6. The molecule has 19 heavy (non-hydrogen) atoms. The van der Waals surface area contributed by atoms with Gasteiger partial charge in [0.05, 0.1) is 23.0 Å². The van der Waals surface area contributed by atoms with E-state index < -0.39 is 11.9 Å². The molecule has 0 bridgehead atoms. The lowest BCUT2D eigenvalue weighted by Crippen LogP contribution is -2.44. The summed E-state index contributed by atoms with van der Waals surface area (Å²) in [4.78, 5) is 24.6. The topological polar surface area (TPSA) is 98.3 Å². The second-order valence-electron chi connectivity index (χ2n) is 4.86. The molecule has 2 heterocycles. The van der Waals surface area contributed by atoms with E-state index in [0.29, 0.717) is 25.1 Å². The summed E-state index contributed by atoms with van der Waals surface area (Å²) in [6, 6.07) is -0.265. The number of carbonyl (C=O) groups excluding carboxylic acids is 1. The van der Waals surface area contributed by atoms with Crippen LogP contribution < -0.4 is 5.32 Å². The van der Waals surface area contributed by atoms with Crippen molar-refractivity contribution in [3.8, 4) is 0 Å². The Morgan fingerprint density at radius 1 is 1.47 bits per heavy atom. The average molecular weight is 266 g/mol. The van der Waals surface area contributed by atoms with Gasteiger partial charge < -0.3 is 15.3 Å². The van der Waals surface area contributed by atoms with Crippen molar-refractivity contribution in [1.29, 1.82) is 0 Å². The summed E-state index contributed by atoms with van der Waals surface area (Å²) in [5.74, 6) is -1.31. The standard InChI is InChI=1S/C12H18N4O3/c1-7-10(8(2)15-14-7)13-12(19)16-5-3-4-9(6-16)11(17)18/h9H,3-6H2,1-2H3,(H,13,19)(H,14,15)(H,17,18). The van der Waals surface area contributed by atoms with Gasteiger partial charge in [-0.05, 0) is 26.7 Å². The van der Waals surface area contributed by atoms with E-state index in [1.54, 1.807) is 11.8 Å². The number of nitrogens with one attached hydrogen (secondary N) is 2.